The van der Waals surface area contributed by atoms with Crippen LogP contribution in [-0.4, -0.2) is 44.1 Å². The van der Waals surface area contributed by atoms with Gasteiger partial charge in [-0.25, -0.2) is 0 Å². The van der Waals surface area contributed by atoms with E-state index in [-0.39, 0.29) is 5.91 Å². The summed E-state index contributed by atoms with van der Waals surface area (Å²) in [4.78, 5) is 10.8. The van der Waals surface area contributed by atoms with Gasteiger partial charge in [0.1, 0.15) is 0 Å². The maximum Gasteiger partial charge on any atom is 0.220 e. The van der Waals surface area contributed by atoms with Crippen molar-refractivity contribution in [1.29, 1.82) is 0 Å². The third-order valence-electron chi connectivity index (χ3n) is 1.85. The van der Waals surface area contributed by atoms with Gasteiger partial charge in [-0.2, -0.15) is 0 Å². The second-order valence-corrected chi connectivity index (χ2v) is 4.28. The average Bonchev–Trinajstić information content (AvgIpc) is 2.10. The van der Waals surface area contributed by atoms with Gasteiger partial charge in [-0.1, -0.05) is 0 Å². The summed E-state index contributed by atoms with van der Waals surface area (Å²) in [7, 11) is 6.43. The Labute approximate surface area is 68.0 Å². The Morgan fingerprint density at radius 3 is 2.55 bits per heavy atom. The normalized spacial score (nSPS) is 25.4. The van der Waals surface area contributed by atoms with Crippen LogP contribution >= 0.6 is 0 Å². The first-order valence-electron chi connectivity index (χ1n) is 4.07. The topological polar surface area (TPSA) is 29.1 Å². The molecule has 1 rings (SSSR count). The maximum absolute atomic E-state index is 10.8. The number of carbonyl (C=O) groups is 1. The quantitative estimate of drug-likeness (QED) is 0.560. The second kappa shape index (κ2) is 2.81. The zero-order valence-corrected chi connectivity index (χ0v) is 7.55. The number of nitrogens with zero attached hydrogens (tertiary/aromatic N) is 1. The molecule has 0 bridgehead atoms. The summed E-state index contributed by atoms with van der Waals surface area (Å²) in [5.41, 5.74) is 0. The third-order valence-corrected chi connectivity index (χ3v) is 1.85. The largest absolute Gasteiger partial charge is 0.348 e. The molecule has 3 heteroatoms. The lowest BCUT2D eigenvalue weighted by molar-refractivity contribution is -0.871. The molecule has 0 aliphatic carbocycles. The fourth-order valence-electron chi connectivity index (χ4n) is 1.48. The molecule has 1 heterocycles. The molecule has 1 amide bonds. The second-order valence-electron chi connectivity index (χ2n) is 4.28. The summed E-state index contributed by atoms with van der Waals surface area (Å²) in [5.74, 6) is 0.212. The Hall–Kier alpha value is -0.570. The van der Waals surface area contributed by atoms with Gasteiger partial charge in [0.2, 0.25) is 5.91 Å². The number of rotatable bonds is 2. The molecule has 1 N–H and O–H groups in total. The lowest BCUT2D eigenvalue weighted by Crippen LogP contribution is -2.45. The van der Waals surface area contributed by atoms with Gasteiger partial charge in [-0.05, 0) is 6.42 Å². The summed E-state index contributed by atoms with van der Waals surface area (Å²) >= 11 is 0. The molecule has 64 valence electrons. The highest BCUT2D eigenvalue weighted by Crippen LogP contribution is 2.08. The molecule has 0 spiro atoms. The minimum absolute atomic E-state index is 0.212. The maximum atomic E-state index is 10.8. The van der Waals surface area contributed by atoms with Crippen LogP contribution in [-0.2, 0) is 4.79 Å². The first kappa shape index (κ1) is 8.53. The van der Waals surface area contributed by atoms with E-state index < -0.39 is 0 Å². The minimum Gasteiger partial charge on any atom is -0.348 e. The van der Waals surface area contributed by atoms with E-state index in [0.29, 0.717) is 12.5 Å². The molecule has 0 aromatic rings. The Bertz CT molecular complexity index is 160. The number of hydrogen-bond acceptors (Lipinski definition) is 1. The zero-order valence-electron chi connectivity index (χ0n) is 7.55. The van der Waals surface area contributed by atoms with Crippen molar-refractivity contribution in [2.24, 2.45) is 0 Å². The predicted octanol–water partition coefficient (Wildman–Crippen LogP) is -0.0288. The summed E-state index contributed by atoms with van der Waals surface area (Å²) in [6.45, 7) is 1.03. The van der Waals surface area contributed by atoms with Crippen molar-refractivity contribution in [3.05, 3.63) is 0 Å². The van der Waals surface area contributed by atoms with Gasteiger partial charge in [-0.15, -0.1) is 0 Å². The minimum atomic E-state index is 0.212. The lowest BCUT2D eigenvalue weighted by Gasteiger charge is -2.26. The number of carbonyl (C=O) groups excluding carboxylic acids is 1. The molecule has 1 aliphatic heterocycles. The van der Waals surface area contributed by atoms with E-state index in [2.05, 4.69) is 26.5 Å². The first-order valence-corrected chi connectivity index (χ1v) is 4.07. The van der Waals surface area contributed by atoms with Crippen LogP contribution in [0.3, 0.4) is 0 Å². The van der Waals surface area contributed by atoms with Gasteiger partial charge in [0, 0.05) is 6.42 Å². The van der Waals surface area contributed by atoms with Gasteiger partial charge in [-0.3, -0.25) is 4.79 Å². The summed E-state index contributed by atoms with van der Waals surface area (Å²) in [6, 6.07) is 0.405. The molecule has 1 aliphatic rings. The van der Waals surface area contributed by atoms with Crippen molar-refractivity contribution in [3.8, 4) is 0 Å². The van der Waals surface area contributed by atoms with Gasteiger partial charge >= 0.3 is 0 Å². The number of nitrogens with one attached hydrogen (secondary N) is 1. The van der Waals surface area contributed by atoms with Crippen LogP contribution in [0.15, 0.2) is 0 Å². The number of likely N-dealkylation sites (N-methyl/N-ethyl adjacent to an activating group) is 1. The van der Waals surface area contributed by atoms with E-state index in [1.807, 2.05) is 0 Å². The zero-order chi connectivity index (χ0) is 8.48. The van der Waals surface area contributed by atoms with Crippen molar-refractivity contribution in [1.82, 2.24) is 5.32 Å². The molecule has 0 aromatic carbocycles. The van der Waals surface area contributed by atoms with E-state index in [0.717, 1.165) is 17.4 Å². The fraction of sp³-hybridized carbons (Fsp3) is 0.875. The third kappa shape index (κ3) is 2.89. The van der Waals surface area contributed by atoms with Crippen LogP contribution in [0, 0.1) is 0 Å². The standard InChI is InChI=1S/C8H16N2O/c1-10(2,3)6-7-4-5-8(11)9-7/h7H,4-6H2,1-3H3/p+1/t7-/m1/s1. The first-order chi connectivity index (χ1) is 4.97. The van der Waals surface area contributed by atoms with E-state index in [1.165, 1.54) is 0 Å². The van der Waals surface area contributed by atoms with Crippen molar-refractivity contribution < 1.29 is 9.28 Å². The summed E-state index contributed by atoms with van der Waals surface area (Å²) in [6.07, 6.45) is 1.72. The molecule has 1 saturated heterocycles. The van der Waals surface area contributed by atoms with E-state index >= 15 is 0 Å². The Morgan fingerprint density at radius 2 is 2.18 bits per heavy atom. The van der Waals surface area contributed by atoms with E-state index in [1.54, 1.807) is 0 Å². The predicted molar refractivity (Wildman–Crippen MR) is 44.1 cm³/mol. The molecular weight excluding hydrogens is 140 g/mol. The van der Waals surface area contributed by atoms with Crippen LogP contribution in [0.25, 0.3) is 0 Å². The van der Waals surface area contributed by atoms with Crippen molar-refractivity contribution in [2.75, 3.05) is 27.7 Å². The van der Waals surface area contributed by atoms with Crippen molar-refractivity contribution in [2.45, 2.75) is 18.9 Å². The molecule has 1 fully saturated rings. The molecule has 3 nitrogen and oxygen atoms in total. The smallest absolute Gasteiger partial charge is 0.220 e. The number of amides is 1. The van der Waals surface area contributed by atoms with Crippen LogP contribution in [0.2, 0.25) is 0 Å². The molecule has 0 saturated carbocycles. The Morgan fingerprint density at radius 1 is 1.55 bits per heavy atom. The van der Waals surface area contributed by atoms with Crippen LogP contribution in [0.4, 0.5) is 0 Å². The van der Waals surface area contributed by atoms with E-state index in [4.69, 9.17) is 0 Å². The molecule has 1 atom stereocenters. The van der Waals surface area contributed by atoms with Crippen molar-refractivity contribution >= 4 is 5.91 Å². The monoisotopic (exact) mass is 157 g/mol. The summed E-state index contributed by atoms with van der Waals surface area (Å²) in [5, 5.41) is 2.96. The molecular formula is C8H17N2O+. The average molecular weight is 157 g/mol. The highest BCUT2D eigenvalue weighted by molar-refractivity contribution is 5.78. The molecule has 11 heavy (non-hydrogen) atoms. The fourth-order valence-corrected chi connectivity index (χ4v) is 1.48. The molecule has 0 radical (unpaired) electrons. The van der Waals surface area contributed by atoms with Gasteiger partial charge in [0.25, 0.3) is 0 Å². The SMILES string of the molecule is C[N+](C)(C)C[C@H]1CCC(=O)N1. The molecule has 0 unspecified atom stereocenters. The van der Waals surface area contributed by atoms with Crippen LogP contribution in [0.5, 0.6) is 0 Å². The number of hydrogen-bond donors (Lipinski definition) is 1. The Kier molecular flexibility index (Phi) is 2.18. The van der Waals surface area contributed by atoms with Crippen LogP contribution in [0.1, 0.15) is 12.8 Å². The molecule has 0 aromatic heterocycles. The van der Waals surface area contributed by atoms with E-state index in [9.17, 15) is 4.79 Å². The lowest BCUT2D eigenvalue weighted by atomic mass is 10.2. The van der Waals surface area contributed by atoms with Gasteiger partial charge in [0.05, 0.1) is 33.7 Å². The van der Waals surface area contributed by atoms with Gasteiger partial charge < -0.3 is 9.80 Å². The number of quaternary nitrogens is 1. The van der Waals surface area contributed by atoms with Gasteiger partial charge in [0.15, 0.2) is 0 Å². The highest BCUT2D eigenvalue weighted by atomic mass is 16.1. The Balaban J connectivity index is 2.34. The summed E-state index contributed by atoms with van der Waals surface area (Å²) < 4.78 is 0.922. The highest BCUT2D eigenvalue weighted by Gasteiger charge is 2.25. The van der Waals surface area contributed by atoms with Crippen molar-refractivity contribution in [3.63, 3.8) is 0 Å². The van der Waals surface area contributed by atoms with Crippen LogP contribution < -0.4 is 5.32 Å².